The van der Waals surface area contributed by atoms with Crippen molar-refractivity contribution < 1.29 is 24.9 Å². The molecule has 2 aliphatic rings. The fraction of sp³-hybridized carbons (Fsp3) is 0.562. The maximum atomic E-state index is 11.9. The zero-order valence-electron chi connectivity index (χ0n) is 13.0. The summed E-state index contributed by atoms with van der Waals surface area (Å²) >= 11 is 5.84. The van der Waals surface area contributed by atoms with Crippen molar-refractivity contribution in [2.45, 2.75) is 31.8 Å². The number of carbonyl (C=O) groups is 2. The van der Waals surface area contributed by atoms with Crippen molar-refractivity contribution in [1.82, 2.24) is 4.98 Å². The van der Waals surface area contributed by atoms with Crippen LogP contribution in [-0.2, 0) is 4.79 Å². The van der Waals surface area contributed by atoms with Crippen molar-refractivity contribution in [2.24, 2.45) is 11.3 Å². The Morgan fingerprint density at radius 1 is 1.33 bits per heavy atom. The lowest BCUT2D eigenvalue weighted by Crippen LogP contribution is -2.56. The molecule has 1 saturated carbocycles. The van der Waals surface area contributed by atoms with E-state index in [2.05, 4.69) is 4.98 Å². The lowest BCUT2D eigenvalue weighted by atomic mass is 9.73. The zero-order chi connectivity index (χ0) is 17.5. The average molecular weight is 355 g/mol. The minimum Gasteiger partial charge on any atom is -0.481 e. The van der Waals surface area contributed by atoms with Crippen molar-refractivity contribution in [1.29, 1.82) is 0 Å². The van der Waals surface area contributed by atoms with E-state index in [4.69, 9.17) is 11.6 Å². The van der Waals surface area contributed by atoms with Crippen molar-refractivity contribution in [3.05, 3.63) is 22.8 Å². The fourth-order valence-corrected chi connectivity index (χ4v) is 3.56. The highest BCUT2D eigenvalue weighted by molar-refractivity contribution is 6.33. The van der Waals surface area contributed by atoms with Gasteiger partial charge in [-0.15, -0.1) is 0 Å². The van der Waals surface area contributed by atoms with Crippen LogP contribution in [0.5, 0.6) is 0 Å². The SMILES string of the molecule is O=C(O)c1cc(N2CC[C@@H](O)[C@@](CC3CC3)(C(=O)O)C2)ncc1Cl. The molecule has 0 radical (unpaired) electrons. The Bertz CT molecular complexity index is 678. The predicted molar refractivity (Wildman–Crippen MR) is 86.5 cm³/mol. The van der Waals surface area contributed by atoms with E-state index in [0.717, 1.165) is 12.8 Å². The first-order chi connectivity index (χ1) is 11.3. The van der Waals surface area contributed by atoms with Crippen LogP contribution in [0.2, 0.25) is 5.02 Å². The molecule has 1 aromatic rings. The van der Waals surface area contributed by atoms with Crippen LogP contribution in [-0.4, -0.2) is 51.4 Å². The van der Waals surface area contributed by atoms with Gasteiger partial charge in [-0.2, -0.15) is 0 Å². The lowest BCUT2D eigenvalue weighted by Gasteiger charge is -2.44. The normalized spacial score (nSPS) is 27.1. The molecule has 3 N–H and O–H groups in total. The molecular formula is C16H19ClN2O5. The van der Waals surface area contributed by atoms with E-state index in [1.807, 2.05) is 0 Å². The first-order valence-electron chi connectivity index (χ1n) is 7.89. The summed E-state index contributed by atoms with van der Waals surface area (Å²) in [6.45, 7) is 0.516. The van der Waals surface area contributed by atoms with Crippen LogP contribution < -0.4 is 4.90 Å². The molecule has 0 amide bonds. The highest BCUT2D eigenvalue weighted by Crippen LogP contribution is 2.45. The van der Waals surface area contributed by atoms with Crippen LogP contribution in [0, 0.1) is 11.3 Å². The molecule has 3 rings (SSSR count). The van der Waals surface area contributed by atoms with Gasteiger partial charge in [0.05, 0.1) is 16.7 Å². The van der Waals surface area contributed by atoms with E-state index >= 15 is 0 Å². The first kappa shape index (κ1) is 17.0. The Labute approximate surface area is 143 Å². The Kier molecular flexibility index (Phi) is 4.40. The fourth-order valence-electron chi connectivity index (χ4n) is 3.37. The predicted octanol–water partition coefficient (Wildman–Crippen LogP) is 1.88. The molecule has 2 fully saturated rings. The van der Waals surface area contributed by atoms with Crippen LogP contribution in [0.25, 0.3) is 0 Å². The van der Waals surface area contributed by atoms with E-state index in [0.29, 0.717) is 31.1 Å². The van der Waals surface area contributed by atoms with Gasteiger partial charge in [-0.25, -0.2) is 9.78 Å². The first-order valence-corrected chi connectivity index (χ1v) is 8.26. The van der Waals surface area contributed by atoms with E-state index in [1.54, 1.807) is 4.90 Å². The van der Waals surface area contributed by atoms with Gasteiger partial charge >= 0.3 is 11.9 Å². The van der Waals surface area contributed by atoms with Gasteiger partial charge in [0.1, 0.15) is 11.2 Å². The summed E-state index contributed by atoms with van der Waals surface area (Å²) in [6.07, 6.45) is 3.05. The van der Waals surface area contributed by atoms with Crippen LogP contribution in [0.15, 0.2) is 12.3 Å². The van der Waals surface area contributed by atoms with Gasteiger partial charge in [-0.1, -0.05) is 24.4 Å². The summed E-state index contributed by atoms with van der Waals surface area (Å²) in [5.41, 5.74) is -1.32. The molecule has 0 bridgehead atoms. The van der Waals surface area contributed by atoms with Crippen molar-refractivity contribution in [2.75, 3.05) is 18.0 Å². The number of hydrogen-bond acceptors (Lipinski definition) is 5. The molecule has 130 valence electrons. The van der Waals surface area contributed by atoms with Crippen molar-refractivity contribution in [3.8, 4) is 0 Å². The number of piperidine rings is 1. The molecule has 8 heteroatoms. The number of aliphatic hydroxyl groups excluding tert-OH is 1. The minimum absolute atomic E-state index is 0.0331. The van der Waals surface area contributed by atoms with Crippen LogP contribution >= 0.6 is 11.6 Å². The standard InChI is InChI=1S/C16H19ClN2O5/c17-11-7-18-13(5-10(11)14(21)22)19-4-3-12(20)16(8-19,15(23)24)6-9-1-2-9/h5,7,9,12,20H,1-4,6,8H2,(H,21,22)(H,23,24)/t12-,16+/m1/s1. The highest BCUT2D eigenvalue weighted by Gasteiger charge is 2.52. The minimum atomic E-state index is -1.25. The van der Waals surface area contributed by atoms with E-state index < -0.39 is 23.5 Å². The average Bonchev–Trinajstić information content (AvgIpc) is 3.33. The largest absolute Gasteiger partial charge is 0.481 e. The van der Waals surface area contributed by atoms with E-state index in [9.17, 15) is 24.9 Å². The molecule has 2 heterocycles. The summed E-state index contributed by atoms with van der Waals surface area (Å²) in [7, 11) is 0. The number of carboxylic acid groups (broad SMARTS) is 2. The third-order valence-electron chi connectivity index (χ3n) is 4.95. The summed E-state index contributed by atoms with van der Waals surface area (Å²) in [6, 6.07) is 1.35. The second-order valence-electron chi connectivity index (χ2n) is 6.66. The lowest BCUT2D eigenvalue weighted by molar-refractivity contribution is -0.158. The summed E-state index contributed by atoms with van der Waals surface area (Å²) in [5.74, 6) is -1.48. The molecule has 1 aliphatic heterocycles. The number of aromatic carboxylic acids is 1. The summed E-state index contributed by atoms with van der Waals surface area (Å²) < 4.78 is 0. The number of carboxylic acids is 2. The monoisotopic (exact) mass is 354 g/mol. The van der Waals surface area contributed by atoms with Gasteiger partial charge in [0.15, 0.2) is 0 Å². The number of aliphatic carboxylic acids is 1. The topological polar surface area (TPSA) is 111 Å². The second-order valence-corrected chi connectivity index (χ2v) is 7.07. The van der Waals surface area contributed by atoms with Gasteiger partial charge in [0.25, 0.3) is 0 Å². The molecule has 2 atom stereocenters. The van der Waals surface area contributed by atoms with Crippen LogP contribution in [0.3, 0.4) is 0 Å². The Balaban J connectivity index is 1.90. The van der Waals surface area contributed by atoms with E-state index in [1.165, 1.54) is 12.3 Å². The van der Waals surface area contributed by atoms with Gasteiger partial charge in [0.2, 0.25) is 0 Å². The van der Waals surface area contributed by atoms with Gasteiger partial charge < -0.3 is 20.2 Å². The molecule has 7 nitrogen and oxygen atoms in total. The van der Waals surface area contributed by atoms with Gasteiger partial charge in [-0.3, -0.25) is 4.79 Å². The van der Waals surface area contributed by atoms with Crippen LogP contribution in [0.4, 0.5) is 5.82 Å². The second kappa shape index (κ2) is 6.22. The Hall–Kier alpha value is -1.86. The quantitative estimate of drug-likeness (QED) is 0.740. The number of anilines is 1. The van der Waals surface area contributed by atoms with Crippen LogP contribution in [0.1, 0.15) is 36.0 Å². The van der Waals surface area contributed by atoms with Crippen molar-refractivity contribution in [3.63, 3.8) is 0 Å². The molecule has 0 unspecified atom stereocenters. The highest BCUT2D eigenvalue weighted by atomic mass is 35.5. The molecule has 24 heavy (non-hydrogen) atoms. The molecule has 1 aliphatic carbocycles. The maximum Gasteiger partial charge on any atom is 0.337 e. The molecule has 0 spiro atoms. The smallest absolute Gasteiger partial charge is 0.337 e. The Morgan fingerprint density at radius 3 is 2.62 bits per heavy atom. The molecule has 1 saturated heterocycles. The molecule has 0 aromatic carbocycles. The molecule has 1 aromatic heterocycles. The van der Waals surface area contributed by atoms with E-state index in [-0.39, 0.29) is 17.1 Å². The Morgan fingerprint density at radius 2 is 2.04 bits per heavy atom. The number of hydrogen-bond donors (Lipinski definition) is 3. The number of rotatable bonds is 5. The summed E-state index contributed by atoms with van der Waals surface area (Å²) in [5, 5.41) is 29.4. The van der Waals surface area contributed by atoms with Gasteiger partial charge in [-0.05, 0) is 24.8 Å². The third kappa shape index (κ3) is 3.06. The maximum absolute atomic E-state index is 11.9. The number of nitrogens with zero attached hydrogens (tertiary/aromatic N) is 2. The number of aromatic nitrogens is 1. The number of aliphatic hydroxyl groups is 1. The van der Waals surface area contributed by atoms with Gasteiger partial charge in [0, 0.05) is 19.3 Å². The number of pyridine rings is 1. The number of halogens is 1. The third-order valence-corrected chi connectivity index (χ3v) is 5.26. The van der Waals surface area contributed by atoms with Crippen molar-refractivity contribution >= 4 is 29.4 Å². The zero-order valence-corrected chi connectivity index (χ0v) is 13.7. The summed E-state index contributed by atoms with van der Waals surface area (Å²) in [4.78, 5) is 29.0. The molecular weight excluding hydrogens is 336 g/mol.